The van der Waals surface area contributed by atoms with Crippen molar-refractivity contribution in [2.24, 2.45) is 0 Å². The summed E-state index contributed by atoms with van der Waals surface area (Å²) < 4.78 is 42.3. The molecule has 2 aromatic carbocycles. The molecule has 2 aliphatic rings. The van der Waals surface area contributed by atoms with Crippen LogP contribution in [0.1, 0.15) is 50.5 Å². The molecule has 0 saturated carbocycles. The van der Waals surface area contributed by atoms with Crippen LogP contribution in [0.5, 0.6) is 11.5 Å². The largest absolute Gasteiger partial charge is 0.513 e. The second-order valence-corrected chi connectivity index (χ2v) is 8.20. The molecule has 0 bridgehead atoms. The van der Waals surface area contributed by atoms with Gasteiger partial charge in [0.15, 0.2) is 23.4 Å². The van der Waals surface area contributed by atoms with Crippen molar-refractivity contribution in [1.82, 2.24) is 0 Å². The standard InChI is InChI=1S/C28H28O12/c1-5-33-25(29)37-21-15-11-9-13-17-19(15)20-16(22(21)38-26(30)34-6-2)12-10-14-18(20)24(40-28(32)36-8-4)23(17)39-27(31)35-7-3/h9-13,21H,5-8,14H2,1-4H3. The van der Waals surface area contributed by atoms with E-state index in [0.717, 1.165) is 0 Å². The lowest BCUT2D eigenvalue weighted by Crippen LogP contribution is -2.24. The van der Waals surface area contributed by atoms with Crippen LogP contribution >= 0.6 is 0 Å². The second kappa shape index (κ2) is 12.4. The van der Waals surface area contributed by atoms with Crippen LogP contribution in [0.15, 0.2) is 36.1 Å². The molecule has 0 saturated heterocycles. The summed E-state index contributed by atoms with van der Waals surface area (Å²) in [4.78, 5) is 49.9. The van der Waals surface area contributed by atoms with Gasteiger partial charge >= 0.3 is 24.6 Å². The van der Waals surface area contributed by atoms with Crippen LogP contribution in [0, 0.1) is 0 Å². The lowest BCUT2D eigenvalue weighted by atomic mass is 9.79. The van der Waals surface area contributed by atoms with Crippen LogP contribution in [0.4, 0.5) is 19.2 Å². The van der Waals surface area contributed by atoms with Crippen molar-refractivity contribution in [3.05, 3.63) is 52.8 Å². The van der Waals surface area contributed by atoms with Gasteiger partial charge in [0.25, 0.3) is 0 Å². The van der Waals surface area contributed by atoms with Crippen LogP contribution in [0.25, 0.3) is 16.3 Å². The van der Waals surface area contributed by atoms with E-state index in [-0.39, 0.29) is 50.1 Å². The molecular weight excluding hydrogens is 528 g/mol. The lowest BCUT2D eigenvalue weighted by molar-refractivity contribution is 0.0121. The van der Waals surface area contributed by atoms with E-state index in [1.54, 1.807) is 58.0 Å². The first-order valence-electron chi connectivity index (χ1n) is 12.7. The number of benzene rings is 2. The number of hydrogen-bond acceptors (Lipinski definition) is 12. The molecule has 0 N–H and O–H groups in total. The highest BCUT2D eigenvalue weighted by molar-refractivity contribution is 6.08. The van der Waals surface area contributed by atoms with Gasteiger partial charge in [0.1, 0.15) is 0 Å². The first-order chi connectivity index (χ1) is 19.3. The number of hydrogen-bond donors (Lipinski definition) is 0. The monoisotopic (exact) mass is 556 g/mol. The molecule has 1 unspecified atom stereocenters. The molecule has 0 amide bonds. The topological polar surface area (TPSA) is 142 Å². The number of carbonyl (C=O) groups is 4. The highest BCUT2D eigenvalue weighted by Crippen LogP contribution is 2.54. The van der Waals surface area contributed by atoms with E-state index in [0.29, 0.717) is 33.0 Å². The zero-order chi connectivity index (χ0) is 28.8. The van der Waals surface area contributed by atoms with E-state index in [2.05, 4.69) is 0 Å². The minimum Gasteiger partial charge on any atom is -0.435 e. The molecule has 0 heterocycles. The normalized spacial score (nSPS) is 14.8. The van der Waals surface area contributed by atoms with E-state index >= 15 is 0 Å². The molecular formula is C28H28O12. The highest BCUT2D eigenvalue weighted by atomic mass is 16.8. The van der Waals surface area contributed by atoms with Gasteiger partial charge in [-0.05, 0) is 34.1 Å². The van der Waals surface area contributed by atoms with E-state index in [4.69, 9.17) is 37.9 Å². The van der Waals surface area contributed by atoms with E-state index in [1.165, 1.54) is 0 Å². The molecule has 2 aromatic rings. The van der Waals surface area contributed by atoms with Crippen LogP contribution in [-0.2, 0) is 34.8 Å². The first kappa shape index (κ1) is 28.3. The lowest BCUT2D eigenvalue weighted by Gasteiger charge is -2.32. The van der Waals surface area contributed by atoms with Crippen LogP contribution < -0.4 is 9.47 Å². The SMILES string of the molecule is CCOC(=O)OC1=C2C=CCc3c(OC(=O)OCC)c(OC(=O)OCC)c4cccc(c4c32)C1OC(=O)OCC. The van der Waals surface area contributed by atoms with Gasteiger partial charge in [-0.3, -0.25) is 0 Å². The summed E-state index contributed by atoms with van der Waals surface area (Å²) in [6, 6.07) is 4.92. The van der Waals surface area contributed by atoms with Crippen LogP contribution in [-0.4, -0.2) is 51.0 Å². The van der Waals surface area contributed by atoms with Gasteiger partial charge < -0.3 is 37.9 Å². The van der Waals surface area contributed by atoms with Gasteiger partial charge in [0, 0.05) is 33.0 Å². The Balaban J connectivity index is 2.04. The van der Waals surface area contributed by atoms with Crippen molar-refractivity contribution < 1.29 is 57.1 Å². The second-order valence-electron chi connectivity index (χ2n) is 8.20. The fourth-order valence-corrected chi connectivity index (χ4v) is 4.52. The van der Waals surface area contributed by atoms with Gasteiger partial charge in [-0.1, -0.05) is 30.4 Å². The minimum atomic E-state index is -1.24. The van der Waals surface area contributed by atoms with Crippen molar-refractivity contribution >= 4 is 41.0 Å². The number of carbonyl (C=O) groups excluding carboxylic acids is 4. The Morgan fingerprint density at radius 2 is 1.32 bits per heavy atom. The highest BCUT2D eigenvalue weighted by Gasteiger charge is 2.40. The summed E-state index contributed by atoms with van der Waals surface area (Å²) in [5, 5.41) is 0.849. The van der Waals surface area contributed by atoms with Crippen molar-refractivity contribution in [1.29, 1.82) is 0 Å². The maximum atomic E-state index is 12.5. The van der Waals surface area contributed by atoms with Crippen molar-refractivity contribution in [3.63, 3.8) is 0 Å². The molecule has 0 aliphatic heterocycles. The zero-order valence-electron chi connectivity index (χ0n) is 22.4. The fourth-order valence-electron chi connectivity index (χ4n) is 4.52. The Hall–Kier alpha value is -4.74. The molecule has 212 valence electrons. The maximum absolute atomic E-state index is 12.5. The summed E-state index contributed by atoms with van der Waals surface area (Å²) in [6.45, 7) is 6.64. The van der Waals surface area contributed by atoms with Gasteiger partial charge in [-0.15, -0.1) is 0 Å². The Morgan fingerprint density at radius 3 is 1.95 bits per heavy atom. The molecule has 0 aromatic heterocycles. The van der Waals surface area contributed by atoms with Crippen molar-refractivity contribution in [2.45, 2.75) is 40.2 Å². The van der Waals surface area contributed by atoms with E-state index in [9.17, 15) is 19.2 Å². The summed E-state index contributed by atoms with van der Waals surface area (Å²) in [6.07, 6.45) is -1.63. The fraction of sp³-hybridized carbons (Fsp3) is 0.357. The predicted molar refractivity (Wildman–Crippen MR) is 138 cm³/mol. The van der Waals surface area contributed by atoms with Gasteiger partial charge in [-0.25, -0.2) is 19.2 Å². The minimum absolute atomic E-state index is 0.0372. The molecule has 40 heavy (non-hydrogen) atoms. The summed E-state index contributed by atoms with van der Waals surface area (Å²) in [5.41, 5.74) is 1.72. The third-order valence-corrected chi connectivity index (χ3v) is 5.86. The molecule has 0 fully saturated rings. The molecule has 12 nitrogen and oxygen atoms in total. The van der Waals surface area contributed by atoms with Crippen molar-refractivity contribution in [3.8, 4) is 11.5 Å². The molecule has 4 rings (SSSR count). The molecule has 0 spiro atoms. The van der Waals surface area contributed by atoms with Gasteiger partial charge in [0.2, 0.25) is 0 Å². The smallest absolute Gasteiger partial charge is 0.435 e. The molecule has 2 aliphatic carbocycles. The van der Waals surface area contributed by atoms with Crippen LogP contribution in [0.3, 0.4) is 0 Å². The van der Waals surface area contributed by atoms with E-state index in [1.807, 2.05) is 0 Å². The van der Waals surface area contributed by atoms with Crippen molar-refractivity contribution in [2.75, 3.05) is 26.4 Å². The third-order valence-electron chi connectivity index (χ3n) is 5.86. The van der Waals surface area contributed by atoms with Gasteiger partial charge in [0.05, 0.1) is 26.4 Å². The molecule has 12 heteroatoms. The van der Waals surface area contributed by atoms with Crippen LogP contribution in [0.2, 0.25) is 0 Å². The summed E-state index contributed by atoms with van der Waals surface area (Å²) in [7, 11) is 0. The van der Waals surface area contributed by atoms with E-state index < -0.39 is 30.7 Å². The Morgan fingerprint density at radius 1 is 0.750 bits per heavy atom. The van der Waals surface area contributed by atoms with Gasteiger partial charge in [-0.2, -0.15) is 0 Å². The summed E-state index contributed by atoms with van der Waals surface area (Å²) in [5.74, 6) is -0.209. The summed E-state index contributed by atoms with van der Waals surface area (Å²) >= 11 is 0. The maximum Gasteiger partial charge on any atom is 0.513 e. The zero-order valence-corrected chi connectivity index (χ0v) is 22.4. The third kappa shape index (κ3) is 5.51. The average molecular weight is 557 g/mol. The Kier molecular flexibility index (Phi) is 8.77. The number of allylic oxidation sites excluding steroid dienone is 3. The Labute approximate surface area is 229 Å². The first-order valence-corrected chi connectivity index (χ1v) is 12.7. The quantitative estimate of drug-likeness (QED) is 0.209. The molecule has 0 radical (unpaired) electrons. The number of ether oxygens (including phenoxy) is 8. The Bertz CT molecular complexity index is 1400. The average Bonchev–Trinajstić information content (AvgIpc) is 2.92. The number of rotatable bonds is 8. The molecule has 1 atom stereocenters. The predicted octanol–water partition coefficient (Wildman–Crippen LogP) is 6.13.